The van der Waals surface area contributed by atoms with Gasteiger partial charge in [-0.3, -0.25) is 15.0 Å². The predicted molar refractivity (Wildman–Crippen MR) is 81.1 cm³/mol. The van der Waals surface area contributed by atoms with Crippen LogP contribution in [-0.2, 0) is 14.3 Å². The van der Waals surface area contributed by atoms with Gasteiger partial charge in [0.1, 0.15) is 5.84 Å². The van der Waals surface area contributed by atoms with Gasteiger partial charge in [0.15, 0.2) is 0 Å². The third-order valence-electron chi connectivity index (χ3n) is 2.97. The van der Waals surface area contributed by atoms with Gasteiger partial charge in [-0.15, -0.1) is 0 Å². The van der Waals surface area contributed by atoms with Crippen LogP contribution in [0.5, 0.6) is 0 Å². The molecule has 6 nitrogen and oxygen atoms in total. The highest BCUT2D eigenvalue weighted by Crippen LogP contribution is 2.12. The molecule has 0 saturated carbocycles. The summed E-state index contributed by atoms with van der Waals surface area (Å²) >= 11 is 0. The molecule has 1 unspecified atom stereocenters. The Bertz CT molecular complexity index is 511. The van der Waals surface area contributed by atoms with Gasteiger partial charge < -0.3 is 15.8 Å². The van der Waals surface area contributed by atoms with Crippen LogP contribution in [0, 0.1) is 11.3 Å². The van der Waals surface area contributed by atoms with Crippen LogP contribution in [0.15, 0.2) is 24.3 Å². The Balaban J connectivity index is 2.43. The van der Waals surface area contributed by atoms with E-state index in [2.05, 4.69) is 5.32 Å². The molecule has 0 aliphatic heterocycles. The van der Waals surface area contributed by atoms with Crippen LogP contribution in [-0.4, -0.2) is 24.3 Å². The van der Waals surface area contributed by atoms with Crippen molar-refractivity contribution in [2.45, 2.75) is 26.7 Å². The highest BCUT2D eigenvalue weighted by atomic mass is 16.5. The first kappa shape index (κ1) is 16.7. The van der Waals surface area contributed by atoms with Crippen molar-refractivity contribution in [3.05, 3.63) is 29.8 Å². The van der Waals surface area contributed by atoms with Crippen LogP contribution in [0.2, 0.25) is 0 Å². The van der Waals surface area contributed by atoms with E-state index in [1.165, 1.54) is 0 Å². The number of carbonyl (C=O) groups is 2. The third kappa shape index (κ3) is 5.64. The molecular weight excluding hydrogens is 270 g/mol. The average Bonchev–Trinajstić information content (AvgIpc) is 2.45. The number of hydrogen-bond acceptors (Lipinski definition) is 4. The maximum Gasteiger partial charge on any atom is 0.308 e. The van der Waals surface area contributed by atoms with Gasteiger partial charge in [-0.25, -0.2) is 0 Å². The van der Waals surface area contributed by atoms with E-state index in [1.54, 1.807) is 38.1 Å². The summed E-state index contributed by atoms with van der Waals surface area (Å²) in [6, 6.07) is 6.70. The molecule has 0 aromatic heterocycles. The van der Waals surface area contributed by atoms with Gasteiger partial charge in [0.2, 0.25) is 5.91 Å². The molecule has 1 rings (SSSR count). The minimum absolute atomic E-state index is 0.0175. The number of ether oxygens (including phenoxy) is 1. The van der Waals surface area contributed by atoms with E-state index in [4.69, 9.17) is 15.9 Å². The number of carbonyl (C=O) groups excluding carboxylic acids is 2. The fourth-order valence-corrected chi connectivity index (χ4v) is 1.71. The number of amides is 1. The Labute approximate surface area is 124 Å². The Morgan fingerprint density at radius 2 is 1.95 bits per heavy atom. The molecule has 0 fully saturated rings. The van der Waals surface area contributed by atoms with Crippen LogP contribution < -0.4 is 11.1 Å². The molecule has 0 radical (unpaired) electrons. The summed E-state index contributed by atoms with van der Waals surface area (Å²) in [7, 11) is 0. The fraction of sp³-hybridized carbons (Fsp3) is 0.400. The zero-order chi connectivity index (χ0) is 15.8. The monoisotopic (exact) mass is 291 g/mol. The SMILES string of the molecule is CCOC(=O)C(C)CCC(=O)Nc1ccc(C(=N)N)cc1. The zero-order valence-corrected chi connectivity index (χ0v) is 12.3. The molecule has 0 bridgehead atoms. The number of hydrogen-bond donors (Lipinski definition) is 3. The Morgan fingerprint density at radius 1 is 1.33 bits per heavy atom. The number of amidine groups is 1. The number of nitrogens with two attached hydrogens (primary N) is 1. The first-order valence-corrected chi connectivity index (χ1v) is 6.85. The van der Waals surface area contributed by atoms with Crippen molar-refractivity contribution in [1.29, 1.82) is 5.41 Å². The van der Waals surface area contributed by atoms with E-state index in [-0.39, 0.29) is 30.1 Å². The Kier molecular flexibility index (Phi) is 6.39. The standard InChI is InChI=1S/C15H21N3O3/c1-3-21-15(20)10(2)4-9-13(19)18-12-7-5-11(6-8-12)14(16)17/h5-8,10H,3-4,9H2,1-2H3,(H3,16,17)(H,18,19). The van der Waals surface area contributed by atoms with Crippen LogP contribution in [0.3, 0.4) is 0 Å². The summed E-state index contributed by atoms with van der Waals surface area (Å²) in [4.78, 5) is 23.2. The lowest BCUT2D eigenvalue weighted by atomic mass is 10.1. The maximum atomic E-state index is 11.8. The summed E-state index contributed by atoms with van der Waals surface area (Å²) in [5.74, 6) is -0.759. The molecule has 0 saturated heterocycles. The number of esters is 1. The molecule has 1 amide bonds. The van der Waals surface area contributed by atoms with Crippen LogP contribution in [0.4, 0.5) is 5.69 Å². The summed E-state index contributed by atoms with van der Waals surface area (Å²) in [6.45, 7) is 3.84. The van der Waals surface area contributed by atoms with Gasteiger partial charge in [-0.1, -0.05) is 6.92 Å². The van der Waals surface area contributed by atoms with Gasteiger partial charge >= 0.3 is 5.97 Å². The number of benzene rings is 1. The summed E-state index contributed by atoms with van der Waals surface area (Å²) in [5.41, 5.74) is 6.59. The molecule has 0 spiro atoms. The quantitative estimate of drug-likeness (QED) is 0.405. The molecule has 1 aromatic carbocycles. The van der Waals surface area contributed by atoms with Crippen molar-refractivity contribution in [1.82, 2.24) is 0 Å². The van der Waals surface area contributed by atoms with Crippen molar-refractivity contribution in [3.63, 3.8) is 0 Å². The van der Waals surface area contributed by atoms with E-state index in [9.17, 15) is 9.59 Å². The van der Waals surface area contributed by atoms with Crippen LogP contribution >= 0.6 is 0 Å². The molecule has 21 heavy (non-hydrogen) atoms. The van der Waals surface area contributed by atoms with Crippen molar-refractivity contribution >= 4 is 23.4 Å². The summed E-state index contributed by atoms with van der Waals surface area (Å²) < 4.78 is 4.89. The van der Waals surface area contributed by atoms with Gasteiger partial charge in [0, 0.05) is 17.7 Å². The molecule has 0 aliphatic carbocycles. The molecule has 1 aromatic rings. The second-order valence-electron chi connectivity index (χ2n) is 4.73. The van der Waals surface area contributed by atoms with E-state index in [0.717, 1.165) is 0 Å². The molecule has 4 N–H and O–H groups in total. The van der Waals surface area contributed by atoms with Crippen LogP contribution in [0.1, 0.15) is 32.3 Å². The minimum atomic E-state index is -0.296. The van der Waals surface area contributed by atoms with Crippen LogP contribution in [0.25, 0.3) is 0 Å². The fourth-order valence-electron chi connectivity index (χ4n) is 1.71. The first-order valence-electron chi connectivity index (χ1n) is 6.85. The third-order valence-corrected chi connectivity index (χ3v) is 2.97. The maximum absolute atomic E-state index is 11.8. The highest BCUT2D eigenvalue weighted by Gasteiger charge is 2.15. The number of anilines is 1. The molecule has 6 heteroatoms. The number of rotatable bonds is 7. The largest absolute Gasteiger partial charge is 0.466 e. The van der Waals surface area contributed by atoms with E-state index >= 15 is 0 Å². The zero-order valence-electron chi connectivity index (χ0n) is 12.3. The smallest absolute Gasteiger partial charge is 0.308 e. The molecule has 1 atom stereocenters. The second kappa shape index (κ2) is 8.04. The second-order valence-corrected chi connectivity index (χ2v) is 4.73. The Morgan fingerprint density at radius 3 is 2.48 bits per heavy atom. The average molecular weight is 291 g/mol. The van der Waals surface area contributed by atoms with Crippen molar-refractivity contribution in [3.8, 4) is 0 Å². The van der Waals surface area contributed by atoms with Gasteiger partial charge in [0.05, 0.1) is 12.5 Å². The lowest BCUT2D eigenvalue weighted by Gasteiger charge is -2.10. The first-order chi connectivity index (χ1) is 9.93. The molecule has 114 valence electrons. The van der Waals surface area contributed by atoms with Crippen molar-refractivity contribution in [2.75, 3.05) is 11.9 Å². The lowest BCUT2D eigenvalue weighted by molar-refractivity contribution is -0.147. The van der Waals surface area contributed by atoms with E-state index in [1.807, 2.05) is 0 Å². The topological polar surface area (TPSA) is 105 Å². The Hall–Kier alpha value is -2.37. The normalized spacial score (nSPS) is 11.5. The van der Waals surface area contributed by atoms with E-state index in [0.29, 0.717) is 24.3 Å². The molecule has 0 aliphatic rings. The van der Waals surface area contributed by atoms with Gasteiger partial charge in [0.25, 0.3) is 0 Å². The summed E-state index contributed by atoms with van der Waals surface area (Å²) in [6.07, 6.45) is 0.685. The van der Waals surface area contributed by atoms with Crippen molar-refractivity contribution in [2.24, 2.45) is 11.7 Å². The van der Waals surface area contributed by atoms with Gasteiger partial charge in [-0.05, 0) is 37.6 Å². The molecular formula is C15H21N3O3. The van der Waals surface area contributed by atoms with Crippen molar-refractivity contribution < 1.29 is 14.3 Å². The predicted octanol–water partition coefficient (Wildman–Crippen LogP) is 1.89. The van der Waals surface area contributed by atoms with Gasteiger partial charge in [-0.2, -0.15) is 0 Å². The summed E-state index contributed by atoms with van der Waals surface area (Å²) in [5, 5.41) is 10.0. The number of nitrogens with one attached hydrogen (secondary N) is 2. The minimum Gasteiger partial charge on any atom is -0.466 e. The lowest BCUT2D eigenvalue weighted by Crippen LogP contribution is -2.18. The van der Waals surface area contributed by atoms with E-state index < -0.39 is 0 Å². The molecule has 0 heterocycles. The number of nitrogen functional groups attached to an aromatic ring is 1. The highest BCUT2D eigenvalue weighted by molar-refractivity contribution is 5.96.